The molecule has 190 valence electrons. The Balaban J connectivity index is 1.49. The van der Waals surface area contributed by atoms with E-state index in [0.717, 1.165) is 41.9 Å². The molecular formula is C27H26FN5O3S. The van der Waals surface area contributed by atoms with Gasteiger partial charge in [0.05, 0.1) is 23.9 Å². The van der Waals surface area contributed by atoms with Gasteiger partial charge in [0.15, 0.2) is 0 Å². The largest absolute Gasteiger partial charge is 0.496 e. The molecule has 3 aromatic rings. The maximum Gasteiger partial charge on any atom is 0.296 e. The first kappa shape index (κ1) is 25.9. The third kappa shape index (κ3) is 6.53. The van der Waals surface area contributed by atoms with Crippen molar-refractivity contribution in [3.8, 4) is 22.1 Å². The lowest BCUT2D eigenvalue weighted by molar-refractivity contribution is 0.102. The summed E-state index contributed by atoms with van der Waals surface area (Å²) >= 11 is 1.08. The molecule has 0 radical (unpaired) electrons. The van der Waals surface area contributed by atoms with E-state index >= 15 is 0 Å². The number of benzene rings is 1. The van der Waals surface area contributed by atoms with Crippen molar-refractivity contribution in [2.45, 2.75) is 26.2 Å². The summed E-state index contributed by atoms with van der Waals surface area (Å²) < 4.78 is 25.9. The fourth-order valence-electron chi connectivity index (χ4n) is 3.65. The summed E-state index contributed by atoms with van der Waals surface area (Å²) in [5.74, 6) is -0.713. The summed E-state index contributed by atoms with van der Waals surface area (Å²) in [5.41, 5.74) is 3.07. The Labute approximate surface area is 218 Å². The molecule has 1 N–H and O–H groups in total. The number of carbonyl (C=O) groups is 1. The number of hydrogen-bond donors (Lipinski definition) is 1. The molecular weight excluding hydrogens is 493 g/mol. The minimum atomic E-state index is -0.511. The highest BCUT2D eigenvalue weighted by Gasteiger charge is 2.21. The molecule has 0 spiro atoms. The second-order valence-corrected chi connectivity index (χ2v) is 9.04. The summed E-state index contributed by atoms with van der Waals surface area (Å²) in [7, 11) is 1.45. The molecule has 0 saturated heterocycles. The minimum absolute atomic E-state index is 0.169. The highest BCUT2D eigenvalue weighted by Crippen LogP contribution is 2.35. The van der Waals surface area contributed by atoms with Crippen LogP contribution in [0.5, 0.6) is 10.9 Å². The molecule has 0 fully saturated rings. The average Bonchev–Trinajstić information content (AvgIpc) is 3.38. The number of hydrogen-bond acceptors (Lipinski definition) is 8. The molecule has 2 aromatic heterocycles. The lowest BCUT2D eigenvalue weighted by Crippen LogP contribution is -2.14. The van der Waals surface area contributed by atoms with E-state index in [1.54, 1.807) is 37.4 Å². The number of ether oxygens (including phenoxy) is 2. The molecule has 1 amide bonds. The highest BCUT2D eigenvalue weighted by atomic mass is 32.1. The summed E-state index contributed by atoms with van der Waals surface area (Å²) in [6, 6.07) is 6.14. The van der Waals surface area contributed by atoms with E-state index in [4.69, 9.17) is 9.47 Å². The summed E-state index contributed by atoms with van der Waals surface area (Å²) in [6.07, 6.45) is 11.9. The Kier molecular flexibility index (Phi) is 8.52. The second-order valence-electron chi connectivity index (χ2n) is 8.10. The number of aromatic nitrogens is 3. The van der Waals surface area contributed by atoms with E-state index in [9.17, 15) is 9.18 Å². The van der Waals surface area contributed by atoms with Crippen molar-refractivity contribution in [1.82, 2.24) is 15.2 Å². The number of amides is 1. The molecule has 1 aromatic carbocycles. The predicted octanol–water partition coefficient (Wildman–Crippen LogP) is 5.94. The van der Waals surface area contributed by atoms with Crippen LogP contribution < -0.4 is 14.8 Å². The van der Waals surface area contributed by atoms with Crippen molar-refractivity contribution in [3.63, 3.8) is 0 Å². The molecule has 4 rings (SSSR count). The van der Waals surface area contributed by atoms with Crippen LogP contribution in [0.25, 0.3) is 11.1 Å². The second kappa shape index (κ2) is 12.2. The van der Waals surface area contributed by atoms with Crippen LogP contribution in [0.2, 0.25) is 0 Å². The van der Waals surface area contributed by atoms with Crippen LogP contribution in [0.4, 0.5) is 9.52 Å². The number of allylic oxidation sites excluding steroid dienone is 4. The van der Waals surface area contributed by atoms with Gasteiger partial charge in [0, 0.05) is 23.7 Å². The zero-order chi connectivity index (χ0) is 26.2. The van der Waals surface area contributed by atoms with Crippen molar-refractivity contribution in [2.75, 3.05) is 19.0 Å². The van der Waals surface area contributed by atoms with Gasteiger partial charge in [-0.25, -0.2) is 4.39 Å². The maximum absolute atomic E-state index is 14.8. The molecule has 0 unspecified atom stereocenters. The molecule has 8 nitrogen and oxygen atoms in total. The van der Waals surface area contributed by atoms with Gasteiger partial charge in [-0.3, -0.25) is 20.1 Å². The van der Waals surface area contributed by atoms with Gasteiger partial charge in [-0.2, -0.15) is 0 Å². The number of methoxy groups -OCH3 is 1. The van der Waals surface area contributed by atoms with E-state index in [2.05, 4.69) is 38.1 Å². The normalized spacial score (nSPS) is 17.2. The Morgan fingerprint density at radius 2 is 2.11 bits per heavy atom. The SMILES string of the molecule is C=CC1=C\CCC\C=C(COc2nnc(NC(=O)c3cnc(C)cc3-c3c(F)cccc3OC)s2)/N=C\1. The zero-order valence-electron chi connectivity index (χ0n) is 20.5. The molecule has 0 saturated carbocycles. The molecule has 1 aliphatic heterocycles. The molecule has 3 heterocycles. The number of halogens is 1. The Morgan fingerprint density at radius 1 is 1.27 bits per heavy atom. The first-order valence-corrected chi connectivity index (χ1v) is 12.4. The molecule has 0 aliphatic carbocycles. The van der Waals surface area contributed by atoms with Gasteiger partial charge in [0.1, 0.15) is 18.2 Å². The quantitative estimate of drug-likeness (QED) is 0.396. The summed E-state index contributed by atoms with van der Waals surface area (Å²) in [4.78, 5) is 21.9. The average molecular weight is 520 g/mol. The van der Waals surface area contributed by atoms with Crippen molar-refractivity contribution >= 4 is 28.6 Å². The van der Waals surface area contributed by atoms with Crippen LogP contribution in [-0.4, -0.2) is 41.0 Å². The minimum Gasteiger partial charge on any atom is -0.496 e. The van der Waals surface area contributed by atoms with Gasteiger partial charge in [-0.1, -0.05) is 36.0 Å². The Morgan fingerprint density at radius 3 is 2.92 bits per heavy atom. The van der Waals surface area contributed by atoms with Crippen LogP contribution in [-0.2, 0) is 0 Å². The first-order chi connectivity index (χ1) is 18.0. The number of anilines is 1. The van der Waals surface area contributed by atoms with E-state index in [1.165, 1.54) is 19.4 Å². The van der Waals surface area contributed by atoms with Crippen molar-refractivity contribution < 1.29 is 18.7 Å². The van der Waals surface area contributed by atoms with Gasteiger partial charge >= 0.3 is 0 Å². The third-order valence-corrected chi connectivity index (χ3v) is 6.25. The Bertz CT molecular complexity index is 1400. The zero-order valence-corrected chi connectivity index (χ0v) is 21.3. The van der Waals surface area contributed by atoms with E-state index in [1.807, 2.05) is 6.08 Å². The number of carbonyl (C=O) groups excluding carboxylic acids is 1. The standard InChI is InChI=1S/C27H26FN5O3S/c1-4-18-9-6-5-7-10-19(30-14-18)16-36-27-33-32-26(37-27)31-25(34)21-15-29-17(2)13-20(21)24-22(28)11-8-12-23(24)35-3/h4,8-15H,1,5-7,16H2,2-3H3,(H,31,32,34)/b18-9+,19-10-,30-14-. The van der Waals surface area contributed by atoms with Gasteiger partial charge in [-0.15, -0.1) is 5.10 Å². The number of pyridine rings is 1. The monoisotopic (exact) mass is 519 g/mol. The fraction of sp³-hybridized carbons (Fsp3) is 0.222. The van der Waals surface area contributed by atoms with E-state index in [-0.39, 0.29) is 28.1 Å². The van der Waals surface area contributed by atoms with Crippen molar-refractivity contribution in [1.29, 1.82) is 0 Å². The van der Waals surface area contributed by atoms with Crippen LogP contribution in [0.1, 0.15) is 35.3 Å². The maximum atomic E-state index is 14.8. The smallest absolute Gasteiger partial charge is 0.296 e. The van der Waals surface area contributed by atoms with E-state index < -0.39 is 11.7 Å². The van der Waals surface area contributed by atoms with Crippen molar-refractivity contribution in [2.24, 2.45) is 4.99 Å². The molecule has 0 bridgehead atoms. The Hall–Kier alpha value is -4.18. The van der Waals surface area contributed by atoms with Crippen LogP contribution in [0.15, 0.2) is 71.5 Å². The molecule has 37 heavy (non-hydrogen) atoms. The van der Waals surface area contributed by atoms with E-state index in [0.29, 0.717) is 17.0 Å². The van der Waals surface area contributed by atoms with Gasteiger partial charge in [-0.05, 0) is 61.3 Å². The number of nitrogens with one attached hydrogen (secondary N) is 1. The van der Waals surface area contributed by atoms with Gasteiger partial charge in [0.25, 0.3) is 11.1 Å². The van der Waals surface area contributed by atoms with Gasteiger partial charge in [0.2, 0.25) is 5.13 Å². The molecule has 0 atom stereocenters. The fourth-order valence-corrected chi connectivity index (χ4v) is 4.24. The lowest BCUT2D eigenvalue weighted by Gasteiger charge is -2.14. The molecule has 1 aliphatic rings. The summed E-state index contributed by atoms with van der Waals surface area (Å²) in [6.45, 7) is 5.78. The van der Waals surface area contributed by atoms with Crippen molar-refractivity contribution in [3.05, 3.63) is 83.6 Å². The first-order valence-electron chi connectivity index (χ1n) is 11.6. The highest BCUT2D eigenvalue weighted by molar-refractivity contribution is 7.17. The number of nitrogens with zero attached hydrogens (tertiary/aromatic N) is 4. The number of aliphatic imine (C=N–C) groups is 1. The van der Waals surface area contributed by atoms with Crippen LogP contribution >= 0.6 is 11.3 Å². The van der Waals surface area contributed by atoms with Crippen LogP contribution in [0.3, 0.4) is 0 Å². The summed E-state index contributed by atoms with van der Waals surface area (Å²) in [5, 5.41) is 11.2. The number of aryl methyl sites for hydroxylation is 1. The topological polar surface area (TPSA) is 98.6 Å². The predicted molar refractivity (Wildman–Crippen MR) is 143 cm³/mol. The lowest BCUT2D eigenvalue weighted by atomic mass is 9.98. The third-order valence-electron chi connectivity index (χ3n) is 5.50. The van der Waals surface area contributed by atoms with Crippen LogP contribution in [0, 0.1) is 12.7 Å². The molecule has 10 heteroatoms. The number of rotatable bonds is 8. The van der Waals surface area contributed by atoms with Gasteiger partial charge < -0.3 is 9.47 Å².